The van der Waals surface area contributed by atoms with Gasteiger partial charge in [-0.3, -0.25) is 4.90 Å². The number of hydrogen-bond donors (Lipinski definition) is 1. The Kier molecular flexibility index (Phi) is 4.75. The molecule has 1 aliphatic rings. The van der Waals surface area contributed by atoms with Crippen LogP contribution in [0.3, 0.4) is 0 Å². The third-order valence-corrected chi connectivity index (χ3v) is 3.85. The smallest absolute Gasteiger partial charge is 0.107 e. The highest BCUT2D eigenvalue weighted by Crippen LogP contribution is 2.16. The van der Waals surface area contributed by atoms with Gasteiger partial charge in [0.05, 0.1) is 12.2 Å². The molecular formula is C12H21N3S. The van der Waals surface area contributed by atoms with Gasteiger partial charge in [0.25, 0.3) is 0 Å². The Bertz CT molecular complexity index is 305. The first-order valence-corrected chi connectivity index (χ1v) is 7.13. The molecule has 0 saturated carbocycles. The van der Waals surface area contributed by atoms with E-state index in [0.717, 1.165) is 19.6 Å². The Labute approximate surface area is 102 Å². The lowest BCUT2D eigenvalue weighted by Crippen LogP contribution is -2.29. The van der Waals surface area contributed by atoms with E-state index in [1.807, 2.05) is 0 Å². The summed E-state index contributed by atoms with van der Waals surface area (Å²) in [6.45, 7) is 7.61. The van der Waals surface area contributed by atoms with E-state index in [1.165, 1.54) is 43.1 Å². The van der Waals surface area contributed by atoms with E-state index in [-0.39, 0.29) is 0 Å². The lowest BCUT2D eigenvalue weighted by Gasteiger charge is -2.25. The molecule has 1 N–H and O–H groups in total. The SMILES string of the molecule is CCNCc1csc(CN2CCCCC2)n1. The number of hydrogen-bond acceptors (Lipinski definition) is 4. The average molecular weight is 239 g/mol. The summed E-state index contributed by atoms with van der Waals surface area (Å²) in [7, 11) is 0. The number of thiazole rings is 1. The number of aromatic nitrogens is 1. The zero-order chi connectivity index (χ0) is 11.2. The lowest BCUT2D eigenvalue weighted by molar-refractivity contribution is 0.220. The van der Waals surface area contributed by atoms with Gasteiger partial charge < -0.3 is 5.32 Å². The summed E-state index contributed by atoms with van der Waals surface area (Å²) in [5.74, 6) is 0. The van der Waals surface area contributed by atoms with E-state index in [2.05, 4.69) is 27.5 Å². The van der Waals surface area contributed by atoms with Crippen molar-refractivity contribution in [3.63, 3.8) is 0 Å². The van der Waals surface area contributed by atoms with Crippen LogP contribution in [0.25, 0.3) is 0 Å². The number of likely N-dealkylation sites (tertiary alicyclic amines) is 1. The fourth-order valence-corrected chi connectivity index (χ4v) is 2.90. The summed E-state index contributed by atoms with van der Waals surface area (Å²) in [5.41, 5.74) is 1.19. The van der Waals surface area contributed by atoms with Gasteiger partial charge in [0, 0.05) is 11.9 Å². The summed E-state index contributed by atoms with van der Waals surface area (Å²) in [4.78, 5) is 7.18. The van der Waals surface area contributed by atoms with Gasteiger partial charge in [-0.15, -0.1) is 11.3 Å². The van der Waals surface area contributed by atoms with Crippen molar-refractivity contribution in [1.82, 2.24) is 15.2 Å². The highest BCUT2D eigenvalue weighted by Gasteiger charge is 2.12. The van der Waals surface area contributed by atoms with E-state index in [9.17, 15) is 0 Å². The van der Waals surface area contributed by atoms with Crippen molar-refractivity contribution < 1.29 is 0 Å². The molecule has 0 spiro atoms. The summed E-state index contributed by atoms with van der Waals surface area (Å²) in [5, 5.41) is 6.77. The van der Waals surface area contributed by atoms with Crippen molar-refractivity contribution >= 4 is 11.3 Å². The van der Waals surface area contributed by atoms with E-state index < -0.39 is 0 Å². The number of piperidine rings is 1. The highest BCUT2D eigenvalue weighted by atomic mass is 32.1. The predicted molar refractivity (Wildman–Crippen MR) is 68.6 cm³/mol. The first kappa shape index (κ1) is 12.0. The van der Waals surface area contributed by atoms with Crippen molar-refractivity contribution in [3.8, 4) is 0 Å². The molecule has 90 valence electrons. The normalized spacial score (nSPS) is 17.8. The summed E-state index contributed by atoms with van der Waals surface area (Å²) in [6, 6.07) is 0. The maximum absolute atomic E-state index is 4.66. The predicted octanol–water partition coefficient (Wildman–Crippen LogP) is 2.24. The van der Waals surface area contributed by atoms with E-state index in [4.69, 9.17) is 0 Å². The van der Waals surface area contributed by atoms with Crippen molar-refractivity contribution in [1.29, 1.82) is 0 Å². The minimum atomic E-state index is 0.910. The van der Waals surface area contributed by atoms with Gasteiger partial charge in [0.1, 0.15) is 5.01 Å². The summed E-state index contributed by atoms with van der Waals surface area (Å²) < 4.78 is 0. The standard InChI is InChI=1S/C12H21N3S/c1-2-13-8-11-10-16-12(14-11)9-15-6-4-3-5-7-15/h10,13H,2-9H2,1H3. The molecule has 2 rings (SSSR count). The zero-order valence-electron chi connectivity index (χ0n) is 10.0. The van der Waals surface area contributed by atoms with E-state index >= 15 is 0 Å². The molecular weight excluding hydrogens is 218 g/mol. The van der Waals surface area contributed by atoms with Gasteiger partial charge >= 0.3 is 0 Å². The van der Waals surface area contributed by atoms with Crippen molar-refractivity contribution in [2.75, 3.05) is 19.6 Å². The topological polar surface area (TPSA) is 28.2 Å². The number of rotatable bonds is 5. The van der Waals surface area contributed by atoms with Crippen LogP contribution in [-0.4, -0.2) is 29.5 Å². The van der Waals surface area contributed by atoms with Gasteiger partial charge in [-0.25, -0.2) is 4.98 Å². The molecule has 0 amide bonds. The summed E-state index contributed by atoms with van der Waals surface area (Å²) in [6.07, 6.45) is 4.12. The largest absolute Gasteiger partial charge is 0.311 e. The number of nitrogens with one attached hydrogen (secondary N) is 1. The average Bonchev–Trinajstić information content (AvgIpc) is 2.75. The van der Waals surface area contributed by atoms with Crippen LogP contribution in [0.1, 0.15) is 36.9 Å². The lowest BCUT2D eigenvalue weighted by atomic mass is 10.1. The Balaban J connectivity index is 1.81. The van der Waals surface area contributed by atoms with Crippen LogP contribution < -0.4 is 5.32 Å². The number of nitrogens with zero attached hydrogens (tertiary/aromatic N) is 2. The fraction of sp³-hybridized carbons (Fsp3) is 0.750. The van der Waals surface area contributed by atoms with Gasteiger partial charge in [-0.05, 0) is 32.5 Å². The zero-order valence-corrected chi connectivity index (χ0v) is 10.9. The molecule has 2 heterocycles. The minimum absolute atomic E-state index is 0.910. The second kappa shape index (κ2) is 6.33. The van der Waals surface area contributed by atoms with Crippen LogP contribution in [-0.2, 0) is 13.1 Å². The van der Waals surface area contributed by atoms with Crippen molar-refractivity contribution in [2.24, 2.45) is 0 Å². The molecule has 3 nitrogen and oxygen atoms in total. The van der Waals surface area contributed by atoms with Gasteiger partial charge in [-0.1, -0.05) is 13.3 Å². The summed E-state index contributed by atoms with van der Waals surface area (Å²) >= 11 is 1.80. The first-order valence-electron chi connectivity index (χ1n) is 6.25. The Hall–Kier alpha value is -0.450. The Morgan fingerprint density at radius 3 is 2.94 bits per heavy atom. The molecule has 1 aromatic rings. The van der Waals surface area contributed by atoms with Crippen molar-refractivity contribution in [3.05, 3.63) is 16.1 Å². The van der Waals surface area contributed by atoms with Gasteiger partial charge in [0.2, 0.25) is 0 Å². The van der Waals surface area contributed by atoms with Crippen LogP contribution in [0.5, 0.6) is 0 Å². The van der Waals surface area contributed by atoms with E-state index in [1.54, 1.807) is 11.3 Å². The molecule has 0 bridgehead atoms. The second-order valence-electron chi connectivity index (χ2n) is 4.35. The Morgan fingerprint density at radius 1 is 1.38 bits per heavy atom. The molecule has 1 saturated heterocycles. The van der Waals surface area contributed by atoms with E-state index in [0.29, 0.717) is 0 Å². The second-order valence-corrected chi connectivity index (χ2v) is 5.29. The quantitative estimate of drug-likeness (QED) is 0.854. The fourth-order valence-electron chi connectivity index (χ4n) is 2.06. The maximum atomic E-state index is 4.66. The minimum Gasteiger partial charge on any atom is -0.311 e. The molecule has 4 heteroatoms. The molecule has 0 radical (unpaired) electrons. The first-order chi connectivity index (χ1) is 7.88. The Morgan fingerprint density at radius 2 is 2.19 bits per heavy atom. The monoisotopic (exact) mass is 239 g/mol. The molecule has 0 aromatic carbocycles. The van der Waals surface area contributed by atoms with Gasteiger partial charge in [-0.2, -0.15) is 0 Å². The van der Waals surface area contributed by atoms with Crippen LogP contribution in [0.2, 0.25) is 0 Å². The third-order valence-electron chi connectivity index (χ3n) is 2.96. The molecule has 0 aliphatic carbocycles. The maximum Gasteiger partial charge on any atom is 0.107 e. The van der Waals surface area contributed by atoms with Gasteiger partial charge in [0.15, 0.2) is 0 Å². The molecule has 1 aromatic heterocycles. The molecule has 0 atom stereocenters. The van der Waals surface area contributed by atoms with Crippen LogP contribution >= 0.6 is 11.3 Å². The van der Waals surface area contributed by atoms with Crippen LogP contribution in [0.15, 0.2) is 5.38 Å². The highest BCUT2D eigenvalue weighted by molar-refractivity contribution is 7.09. The molecule has 1 fully saturated rings. The molecule has 16 heavy (non-hydrogen) atoms. The van der Waals surface area contributed by atoms with Crippen LogP contribution in [0.4, 0.5) is 0 Å². The molecule has 1 aliphatic heterocycles. The van der Waals surface area contributed by atoms with Crippen LogP contribution in [0, 0.1) is 0 Å². The third kappa shape index (κ3) is 3.54. The van der Waals surface area contributed by atoms with Crippen molar-refractivity contribution in [2.45, 2.75) is 39.3 Å². The molecule has 0 unspecified atom stereocenters.